The number of nitrogens with two attached hydrogens (primary N) is 1. The molecule has 0 spiro atoms. The lowest BCUT2D eigenvalue weighted by molar-refractivity contribution is 0.202. The van der Waals surface area contributed by atoms with Crippen molar-refractivity contribution in [1.29, 1.82) is 0 Å². The molecular weight excluding hydrogens is 238 g/mol. The summed E-state index contributed by atoms with van der Waals surface area (Å²) in [5, 5.41) is 4.57. The monoisotopic (exact) mass is 259 g/mol. The van der Waals surface area contributed by atoms with Crippen LogP contribution in [-0.4, -0.2) is 38.1 Å². The minimum absolute atomic E-state index is 0.603. The summed E-state index contributed by atoms with van der Waals surface area (Å²) in [5.41, 5.74) is 7.83. The van der Waals surface area contributed by atoms with E-state index in [2.05, 4.69) is 28.8 Å². The molecule has 19 heavy (non-hydrogen) atoms. The largest absolute Gasteiger partial charge is 0.384 e. The van der Waals surface area contributed by atoms with Crippen LogP contribution in [0.4, 0.5) is 5.82 Å². The fourth-order valence-corrected chi connectivity index (χ4v) is 3.06. The van der Waals surface area contributed by atoms with Crippen LogP contribution in [0.1, 0.15) is 32.4 Å². The van der Waals surface area contributed by atoms with E-state index in [1.165, 1.54) is 19.4 Å². The average molecular weight is 259 g/mol. The predicted molar refractivity (Wildman–Crippen MR) is 76.0 cm³/mol. The van der Waals surface area contributed by atoms with E-state index in [0.717, 1.165) is 17.8 Å². The van der Waals surface area contributed by atoms with Gasteiger partial charge in [0.15, 0.2) is 5.65 Å². The second-order valence-electron chi connectivity index (χ2n) is 5.61. The zero-order chi connectivity index (χ0) is 13.4. The van der Waals surface area contributed by atoms with Gasteiger partial charge in [-0.2, -0.15) is 9.61 Å². The third-order valence-corrected chi connectivity index (χ3v) is 3.97. The first-order valence-corrected chi connectivity index (χ1v) is 7.00. The Labute approximate surface area is 113 Å². The molecule has 3 heterocycles. The van der Waals surface area contributed by atoms with Gasteiger partial charge in [-0.3, -0.25) is 4.90 Å². The van der Waals surface area contributed by atoms with Gasteiger partial charge in [-0.15, -0.1) is 0 Å². The van der Waals surface area contributed by atoms with Crippen LogP contribution in [-0.2, 0) is 6.42 Å². The van der Waals surface area contributed by atoms with Gasteiger partial charge in [0.2, 0.25) is 0 Å². The van der Waals surface area contributed by atoms with Crippen LogP contribution in [0.3, 0.4) is 0 Å². The lowest BCUT2D eigenvalue weighted by Gasteiger charge is -2.27. The van der Waals surface area contributed by atoms with Gasteiger partial charge in [-0.1, -0.05) is 0 Å². The highest BCUT2D eigenvalue weighted by Crippen LogP contribution is 2.23. The van der Waals surface area contributed by atoms with Crippen molar-refractivity contribution in [1.82, 2.24) is 19.5 Å². The van der Waals surface area contributed by atoms with Crippen LogP contribution in [0, 0.1) is 0 Å². The molecule has 2 aromatic heterocycles. The fourth-order valence-electron chi connectivity index (χ4n) is 3.06. The first kappa shape index (κ1) is 12.4. The molecule has 1 fully saturated rings. The van der Waals surface area contributed by atoms with Gasteiger partial charge in [0, 0.05) is 30.8 Å². The summed E-state index contributed by atoms with van der Waals surface area (Å²) < 4.78 is 1.73. The molecule has 0 bridgehead atoms. The van der Waals surface area contributed by atoms with E-state index in [9.17, 15) is 0 Å². The summed E-state index contributed by atoms with van der Waals surface area (Å²) in [5.74, 6) is 0.642. The summed E-state index contributed by atoms with van der Waals surface area (Å²) in [7, 11) is 0. The normalized spacial score (nSPS) is 20.7. The lowest BCUT2D eigenvalue weighted by Crippen LogP contribution is -2.36. The summed E-state index contributed by atoms with van der Waals surface area (Å²) >= 11 is 0. The molecule has 1 unspecified atom stereocenters. The minimum atomic E-state index is 0.603. The predicted octanol–water partition coefficient (Wildman–Crippen LogP) is 1.73. The molecule has 5 nitrogen and oxygen atoms in total. The Hall–Kier alpha value is -1.62. The van der Waals surface area contributed by atoms with Crippen LogP contribution in [0.15, 0.2) is 18.3 Å². The van der Waals surface area contributed by atoms with E-state index >= 15 is 0 Å². The van der Waals surface area contributed by atoms with Crippen molar-refractivity contribution in [2.24, 2.45) is 0 Å². The summed E-state index contributed by atoms with van der Waals surface area (Å²) in [6.45, 7) is 5.74. The smallest absolute Gasteiger partial charge is 0.157 e. The lowest BCUT2D eigenvalue weighted by atomic mass is 10.1. The van der Waals surface area contributed by atoms with E-state index in [1.807, 2.05) is 6.07 Å². The van der Waals surface area contributed by atoms with Gasteiger partial charge in [0.05, 0.1) is 5.69 Å². The molecule has 0 amide bonds. The second-order valence-corrected chi connectivity index (χ2v) is 5.61. The molecular formula is C14H21N5. The summed E-state index contributed by atoms with van der Waals surface area (Å²) in [6, 6.07) is 5.03. The molecule has 102 valence electrons. The number of fused-ring (bicyclic) bond motifs is 1. The van der Waals surface area contributed by atoms with Crippen molar-refractivity contribution < 1.29 is 0 Å². The maximum absolute atomic E-state index is 5.90. The third-order valence-electron chi connectivity index (χ3n) is 3.97. The standard InChI is InChI=1S/C14H21N5/c1-10(2)18-7-3-4-12(18)8-11-9-14-16-6-5-13(15)19(14)17-11/h5-6,9-10,12H,3-4,7-8,15H2,1-2H3. The first-order valence-electron chi connectivity index (χ1n) is 7.00. The van der Waals surface area contributed by atoms with Crippen molar-refractivity contribution in [2.75, 3.05) is 12.3 Å². The number of aromatic nitrogens is 3. The number of anilines is 1. The number of rotatable bonds is 3. The second kappa shape index (κ2) is 4.81. The number of nitrogens with zero attached hydrogens (tertiary/aromatic N) is 4. The van der Waals surface area contributed by atoms with Crippen LogP contribution in [0.25, 0.3) is 5.65 Å². The highest BCUT2D eigenvalue weighted by Gasteiger charge is 2.27. The van der Waals surface area contributed by atoms with Crippen molar-refractivity contribution >= 4 is 11.5 Å². The van der Waals surface area contributed by atoms with E-state index in [1.54, 1.807) is 16.8 Å². The molecule has 2 N–H and O–H groups in total. The molecule has 5 heteroatoms. The van der Waals surface area contributed by atoms with Gasteiger partial charge in [-0.05, 0) is 39.3 Å². The van der Waals surface area contributed by atoms with Crippen LogP contribution in [0.2, 0.25) is 0 Å². The Morgan fingerprint density at radius 1 is 1.47 bits per heavy atom. The number of hydrogen-bond donors (Lipinski definition) is 1. The Morgan fingerprint density at radius 3 is 3.05 bits per heavy atom. The molecule has 2 aromatic rings. The van der Waals surface area contributed by atoms with E-state index < -0.39 is 0 Å². The van der Waals surface area contributed by atoms with E-state index in [-0.39, 0.29) is 0 Å². The van der Waals surface area contributed by atoms with Crippen LogP contribution >= 0.6 is 0 Å². The maximum atomic E-state index is 5.90. The Balaban J connectivity index is 1.83. The van der Waals surface area contributed by atoms with E-state index in [4.69, 9.17) is 5.73 Å². The van der Waals surface area contributed by atoms with Gasteiger partial charge >= 0.3 is 0 Å². The zero-order valence-corrected chi connectivity index (χ0v) is 11.6. The maximum Gasteiger partial charge on any atom is 0.157 e. The Morgan fingerprint density at radius 2 is 2.32 bits per heavy atom. The number of likely N-dealkylation sites (tertiary alicyclic amines) is 1. The molecule has 1 saturated heterocycles. The fraction of sp³-hybridized carbons (Fsp3) is 0.571. The molecule has 1 atom stereocenters. The molecule has 0 aliphatic carbocycles. The summed E-state index contributed by atoms with van der Waals surface area (Å²) in [6.07, 6.45) is 5.26. The van der Waals surface area contributed by atoms with Gasteiger partial charge in [0.1, 0.15) is 5.82 Å². The van der Waals surface area contributed by atoms with Crippen molar-refractivity contribution in [3.05, 3.63) is 24.0 Å². The molecule has 3 rings (SSSR count). The van der Waals surface area contributed by atoms with Gasteiger partial charge in [0.25, 0.3) is 0 Å². The quantitative estimate of drug-likeness (QED) is 0.912. The van der Waals surface area contributed by atoms with Gasteiger partial charge in [-0.25, -0.2) is 4.98 Å². The zero-order valence-electron chi connectivity index (χ0n) is 11.6. The van der Waals surface area contributed by atoms with Crippen LogP contribution < -0.4 is 5.73 Å². The van der Waals surface area contributed by atoms with Gasteiger partial charge < -0.3 is 5.73 Å². The molecule has 0 saturated carbocycles. The molecule has 1 aliphatic heterocycles. The Kier molecular flexibility index (Phi) is 3.14. The SMILES string of the molecule is CC(C)N1CCCC1Cc1cc2nccc(N)n2n1. The highest BCUT2D eigenvalue weighted by atomic mass is 15.3. The molecule has 0 radical (unpaired) electrons. The Bertz CT molecular complexity index is 574. The van der Waals surface area contributed by atoms with Crippen molar-refractivity contribution in [3.8, 4) is 0 Å². The first-order chi connectivity index (χ1) is 9.15. The topological polar surface area (TPSA) is 59.5 Å². The van der Waals surface area contributed by atoms with Crippen molar-refractivity contribution in [2.45, 2.75) is 45.2 Å². The van der Waals surface area contributed by atoms with Crippen molar-refractivity contribution in [3.63, 3.8) is 0 Å². The van der Waals surface area contributed by atoms with E-state index in [0.29, 0.717) is 17.9 Å². The molecule has 1 aliphatic rings. The number of nitrogen functional groups attached to an aromatic ring is 1. The molecule has 0 aromatic carbocycles. The third kappa shape index (κ3) is 2.30. The minimum Gasteiger partial charge on any atom is -0.384 e. The average Bonchev–Trinajstić information content (AvgIpc) is 2.96. The summed E-state index contributed by atoms with van der Waals surface area (Å²) in [4.78, 5) is 6.87. The van der Waals surface area contributed by atoms with Crippen LogP contribution in [0.5, 0.6) is 0 Å². The number of hydrogen-bond acceptors (Lipinski definition) is 4. The highest BCUT2D eigenvalue weighted by molar-refractivity contribution is 5.46.